The summed E-state index contributed by atoms with van der Waals surface area (Å²) < 4.78 is 27.6. The van der Waals surface area contributed by atoms with Gasteiger partial charge in [-0.25, -0.2) is 8.42 Å². The summed E-state index contributed by atoms with van der Waals surface area (Å²) >= 11 is 7.42. The lowest BCUT2D eigenvalue weighted by atomic mass is 10.2. The molecule has 1 amide bonds. The van der Waals surface area contributed by atoms with Crippen molar-refractivity contribution in [2.45, 2.75) is 31.2 Å². The number of halogens is 1. The highest BCUT2D eigenvalue weighted by molar-refractivity contribution is 7.91. The normalized spacial score (nSPS) is 12.4. The fourth-order valence-electron chi connectivity index (χ4n) is 2.88. The molecule has 3 rings (SSSR count). The van der Waals surface area contributed by atoms with Crippen molar-refractivity contribution < 1.29 is 13.2 Å². The molecule has 0 unspecified atom stereocenters. The summed E-state index contributed by atoms with van der Waals surface area (Å²) in [5.41, 5.74) is 1.92. The van der Waals surface area contributed by atoms with E-state index in [1.807, 2.05) is 23.6 Å². The van der Waals surface area contributed by atoms with Crippen LogP contribution in [0, 0.1) is 6.92 Å². The summed E-state index contributed by atoms with van der Waals surface area (Å²) in [6, 6.07) is 12.2. The van der Waals surface area contributed by atoms with E-state index in [1.54, 1.807) is 36.4 Å². The number of carbonyl (C=O) groups is 1. The molecule has 0 atom stereocenters. The predicted octanol–water partition coefficient (Wildman–Crippen LogP) is 4.53. The maximum Gasteiger partial charge on any atom is 0.248 e. The highest BCUT2D eigenvalue weighted by atomic mass is 35.5. The third-order valence-electron chi connectivity index (χ3n) is 4.36. The van der Waals surface area contributed by atoms with E-state index in [-0.39, 0.29) is 29.4 Å². The number of sulfone groups is 1. The van der Waals surface area contributed by atoms with Crippen molar-refractivity contribution in [3.05, 3.63) is 70.5 Å². The van der Waals surface area contributed by atoms with E-state index in [2.05, 4.69) is 11.6 Å². The van der Waals surface area contributed by atoms with E-state index < -0.39 is 9.84 Å². The first-order valence-corrected chi connectivity index (χ1v) is 11.9. The van der Waals surface area contributed by atoms with Crippen LogP contribution >= 0.6 is 22.9 Å². The van der Waals surface area contributed by atoms with Crippen molar-refractivity contribution in [1.29, 1.82) is 0 Å². The summed E-state index contributed by atoms with van der Waals surface area (Å²) in [4.78, 5) is 17.4. The Morgan fingerprint density at radius 3 is 2.66 bits per heavy atom. The average Bonchev–Trinajstić information content (AvgIpc) is 2.98. The number of amides is 1. The number of hydrogen-bond donors (Lipinski definition) is 0. The highest BCUT2D eigenvalue weighted by Gasteiger charge is 2.15. The van der Waals surface area contributed by atoms with Crippen LogP contribution in [0.3, 0.4) is 0 Å². The molecule has 0 saturated heterocycles. The molecule has 5 nitrogen and oxygen atoms in total. The van der Waals surface area contributed by atoms with Gasteiger partial charge in [0.05, 0.1) is 20.9 Å². The third kappa shape index (κ3) is 5.23. The topological polar surface area (TPSA) is 68.5 Å². The molecule has 29 heavy (non-hydrogen) atoms. The number of carbonyl (C=O) groups excluding carboxylic acids is 1. The van der Waals surface area contributed by atoms with Crippen LogP contribution < -0.4 is 4.80 Å². The molecule has 152 valence electrons. The molecule has 0 aliphatic heterocycles. The zero-order chi connectivity index (χ0) is 21.0. The van der Waals surface area contributed by atoms with Gasteiger partial charge in [0.25, 0.3) is 0 Å². The van der Waals surface area contributed by atoms with Gasteiger partial charge in [0, 0.05) is 18.0 Å². The predicted molar refractivity (Wildman–Crippen MR) is 118 cm³/mol. The molecular weight excluding hydrogens is 428 g/mol. The lowest BCUT2D eigenvalue weighted by Crippen LogP contribution is -2.16. The average molecular weight is 449 g/mol. The molecule has 0 N–H and O–H groups in total. The number of thiazole rings is 1. The second-order valence-corrected chi connectivity index (χ2v) is 10.2. The van der Waals surface area contributed by atoms with Crippen molar-refractivity contribution >= 4 is 48.9 Å². The third-order valence-corrected chi connectivity index (χ3v) is 7.45. The Balaban J connectivity index is 1.74. The minimum Gasteiger partial charge on any atom is -0.313 e. The van der Waals surface area contributed by atoms with Gasteiger partial charge in [0.2, 0.25) is 5.91 Å². The van der Waals surface area contributed by atoms with Crippen molar-refractivity contribution in [3.63, 3.8) is 0 Å². The molecule has 0 fully saturated rings. The number of hydrogen-bond acceptors (Lipinski definition) is 4. The molecule has 8 heteroatoms. The van der Waals surface area contributed by atoms with Crippen LogP contribution in [-0.4, -0.2) is 24.6 Å². The van der Waals surface area contributed by atoms with E-state index in [9.17, 15) is 13.2 Å². The second-order valence-electron chi connectivity index (χ2n) is 6.64. The minimum absolute atomic E-state index is 0.0637. The summed E-state index contributed by atoms with van der Waals surface area (Å²) in [5.74, 6) is -0.439. The Labute approximate surface area is 178 Å². The summed E-state index contributed by atoms with van der Waals surface area (Å²) in [7, 11) is -3.41. The van der Waals surface area contributed by atoms with Gasteiger partial charge in [-0.15, -0.1) is 6.58 Å². The van der Waals surface area contributed by atoms with Crippen molar-refractivity contribution in [2.24, 2.45) is 4.99 Å². The Kier molecular flexibility index (Phi) is 6.72. The smallest absolute Gasteiger partial charge is 0.248 e. The Bertz CT molecular complexity index is 1220. The number of fused-ring (bicyclic) bond motifs is 1. The van der Waals surface area contributed by atoms with E-state index >= 15 is 0 Å². The summed E-state index contributed by atoms with van der Waals surface area (Å²) in [6.45, 7) is 6.16. The minimum atomic E-state index is -3.41. The maximum atomic E-state index is 12.4. The van der Waals surface area contributed by atoms with Crippen molar-refractivity contribution in [1.82, 2.24) is 4.57 Å². The standard InChI is InChI=1S/C21H21ClN2O3S2/c1-3-12-24-18-11-8-16(22)14-19(18)28-21(24)23-20(25)5-4-13-29(26,27)17-9-6-15(2)7-10-17/h3,6-11,14H,1,4-5,12-13H2,2H3. The van der Waals surface area contributed by atoms with Gasteiger partial charge < -0.3 is 4.57 Å². The summed E-state index contributed by atoms with van der Waals surface area (Å²) in [6.07, 6.45) is 2.02. The Morgan fingerprint density at radius 2 is 1.97 bits per heavy atom. The van der Waals surface area contributed by atoms with E-state index in [0.29, 0.717) is 16.4 Å². The lowest BCUT2D eigenvalue weighted by Gasteiger charge is -2.04. The number of aromatic nitrogens is 1. The monoisotopic (exact) mass is 448 g/mol. The molecular formula is C21H21ClN2O3S2. The molecule has 0 saturated carbocycles. The Morgan fingerprint density at radius 1 is 1.24 bits per heavy atom. The molecule has 0 aliphatic rings. The Hall–Kier alpha value is -2.22. The van der Waals surface area contributed by atoms with Crippen LogP contribution in [0.4, 0.5) is 0 Å². The van der Waals surface area contributed by atoms with Gasteiger partial charge >= 0.3 is 0 Å². The molecule has 0 radical (unpaired) electrons. The van der Waals surface area contributed by atoms with E-state index in [1.165, 1.54) is 11.3 Å². The van der Waals surface area contributed by atoms with Crippen LogP contribution in [0.25, 0.3) is 10.2 Å². The van der Waals surface area contributed by atoms with Crippen LogP contribution in [0.15, 0.2) is 65.0 Å². The zero-order valence-electron chi connectivity index (χ0n) is 16.0. The lowest BCUT2D eigenvalue weighted by molar-refractivity contribution is -0.118. The fraction of sp³-hybridized carbons (Fsp3) is 0.238. The van der Waals surface area contributed by atoms with Crippen LogP contribution in [0.5, 0.6) is 0 Å². The van der Waals surface area contributed by atoms with Gasteiger partial charge in [-0.1, -0.05) is 46.7 Å². The molecule has 0 aliphatic carbocycles. The van der Waals surface area contributed by atoms with Gasteiger partial charge in [-0.3, -0.25) is 4.79 Å². The van der Waals surface area contributed by atoms with Crippen molar-refractivity contribution in [3.8, 4) is 0 Å². The van der Waals surface area contributed by atoms with E-state index in [4.69, 9.17) is 11.6 Å². The number of rotatable bonds is 7. The maximum absolute atomic E-state index is 12.4. The van der Waals surface area contributed by atoms with Gasteiger partial charge in [0.1, 0.15) is 0 Å². The van der Waals surface area contributed by atoms with Gasteiger partial charge in [-0.2, -0.15) is 4.99 Å². The first kappa shape index (κ1) is 21.5. The number of nitrogens with zero attached hydrogens (tertiary/aromatic N) is 2. The first-order valence-electron chi connectivity index (χ1n) is 9.07. The quantitative estimate of drug-likeness (QED) is 0.498. The highest BCUT2D eigenvalue weighted by Crippen LogP contribution is 2.22. The molecule has 2 aromatic carbocycles. The van der Waals surface area contributed by atoms with E-state index in [0.717, 1.165) is 15.8 Å². The van der Waals surface area contributed by atoms with Gasteiger partial charge in [0.15, 0.2) is 14.6 Å². The molecule has 1 aromatic heterocycles. The second kappa shape index (κ2) is 9.07. The van der Waals surface area contributed by atoms with Crippen LogP contribution in [0.1, 0.15) is 18.4 Å². The van der Waals surface area contributed by atoms with Gasteiger partial charge in [-0.05, 0) is 43.7 Å². The fourth-order valence-corrected chi connectivity index (χ4v) is 5.52. The van der Waals surface area contributed by atoms with Crippen molar-refractivity contribution in [2.75, 3.05) is 5.75 Å². The molecule has 0 bridgehead atoms. The first-order chi connectivity index (χ1) is 13.8. The number of benzene rings is 2. The number of allylic oxidation sites excluding steroid dienone is 1. The zero-order valence-corrected chi connectivity index (χ0v) is 18.4. The molecule has 1 heterocycles. The van der Waals surface area contributed by atoms with Crippen LogP contribution in [0.2, 0.25) is 5.02 Å². The largest absolute Gasteiger partial charge is 0.313 e. The number of aryl methyl sites for hydroxylation is 1. The molecule has 0 spiro atoms. The van der Waals surface area contributed by atoms with Crippen LogP contribution in [-0.2, 0) is 21.2 Å². The molecule has 3 aromatic rings. The SMILES string of the molecule is C=CCn1c(=NC(=O)CCCS(=O)(=O)c2ccc(C)cc2)sc2cc(Cl)ccc21. The summed E-state index contributed by atoms with van der Waals surface area (Å²) in [5, 5.41) is 0.615.